The zero-order chi connectivity index (χ0) is 16.4. The van der Waals surface area contributed by atoms with Crippen LogP contribution in [0.1, 0.15) is 29.0 Å². The van der Waals surface area contributed by atoms with Crippen molar-refractivity contribution in [1.82, 2.24) is 25.2 Å². The molecule has 2 heterocycles. The van der Waals surface area contributed by atoms with Gasteiger partial charge in [-0.3, -0.25) is 4.79 Å². The van der Waals surface area contributed by atoms with Crippen LogP contribution in [-0.4, -0.2) is 52.0 Å². The summed E-state index contributed by atoms with van der Waals surface area (Å²) in [5.41, 5.74) is 1.82. The monoisotopic (exact) mass is 369 g/mol. The van der Waals surface area contributed by atoms with Gasteiger partial charge in [0.2, 0.25) is 0 Å². The molecule has 130 valence electrons. The molecular formula is C16H21Cl2N5O. The van der Waals surface area contributed by atoms with Crippen molar-refractivity contribution >= 4 is 29.9 Å². The normalized spacial score (nSPS) is 17.5. The first-order chi connectivity index (χ1) is 11.1. The molecule has 24 heavy (non-hydrogen) atoms. The number of amides is 1. The van der Waals surface area contributed by atoms with Gasteiger partial charge in [-0.25, -0.2) is 4.68 Å². The number of piperidine rings is 1. The van der Waals surface area contributed by atoms with Crippen molar-refractivity contribution in [2.45, 2.75) is 25.8 Å². The molecule has 0 spiro atoms. The number of halogens is 2. The van der Waals surface area contributed by atoms with Crippen molar-refractivity contribution in [1.29, 1.82) is 0 Å². The van der Waals surface area contributed by atoms with Crippen molar-refractivity contribution < 1.29 is 4.79 Å². The maximum atomic E-state index is 12.8. The van der Waals surface area contributed by atoms with Crippen LogP contribution in [0.5, 0.6) is 0 Å². The minimum absolute atomic E-state index is 0. The molecule has 0 radical (unpaired) electrons. The van der Waals surface area contributed by atoms with E-state index in [2.05, 4.69) is 15.6 Å². The lowest BCUT2D eigenvalue weighted by Gasteiger charge is -2.32. The Morgan fingerprint density at radius 3 is 2.83 bits per heavy atom. The van der Waals surface area contributed by atoms with Gasteiger partial charge in [0, 0.05) is 19.1 Å². The number of carbonyl (C=O) groups is 1. The predicted octanol–water partition coefficient (Wildman–Crippen LogP) is 2.47. The molecular weight excluding hydrogens is 349 g/mol. The number of para-hydroxylation sites is 1. The van der Waals surface area contributed by atoms with Gasteiger partial charge in [-0.2, -0.15) is 0 Å². The lowest BCUT2D eigenvalue weighted by molar-refractivity contribution is 0.0691. The van der Waals surface area contributed by atoms with Crippen molar-refractivity contribution in [3.8, 4) is 5.69 Å². The summed E-state index contributed by atoms with van der Waals surface area (Å²) in [4.78, 5) is 14.6. The fourth-order valence-electron chi connectivity index (χ4n) is 2.93. The fourth-order valence-corrected chi connectivity index (χ4v) is 3.14. The predicted molar refractivity (Wildman–Crippen MR) is 96.3 cm³/mol. The third-order valence-corrected chi connectivity index (χ3v) is 4.61. The van der Waals surface area contributed by atoms with Crippen LogP contribution in [0.2, 0.25) is 5.02 Å². The Morgan fingerprint density at radius 2 is 2.12 bits per heavy atom. The van der Waals surface area contributed by atoms with Crippen LogP contribution in [0.25, 0.3) is 5.69 Å². The van der Waals surface area contributed by atoms with Gasteiger partial charge in [0.1, 0.15) is 0 Å². The highest BCUT2D eigenvalue weighted by Gasteiger charge is 2.27. The second-order valence-electron chi connectivity index (χ2n) is 5.77. The Hall–Kier alpha value is -1.63. The summed E-state index contributed by atoms with van der Waals surface area (Å²) in [5, 5.41) is 12.0. The van der Waals surface area contributed by atoms with Crippen LogP contribution < -0.4 is 5.32 Å². The third kappa shape index (κ3) is 3.55. The summed E-state index contributed by atoms with van der Waals surface area (Å²) < 4.78 is 1.62. The van der Waals surface area contributed by atoms with Gasteiger partial charge in [0.25, 0.3) is 5.91 Å². The number of rotatable bonds is 3. The lowest BCUT2D eigenvalue weighted by atomic mass is 10.1. The molecule has 0 saturated carbocycles. The van der Waals surface area contributed by atoms with E-state index in [1.807, 2.05) is 37.1 Å². The smallest absolute Gasteiger partial charge is 0.276 e. The molecule has 8 heteroatoms. The van der Waals surface area contributed by atoms with Crippen LogP contribution >= 0.6 is 24.0 Å². The molecule has 1 fully saturated rings. The highest BCUT2D eigenvalue weighted by molar-refractivity contribution is 6.32. The van der Waals surface area contributed by atoms with E-state index in [-0.39, 0.29) is 18.3 Å². The zero-order valence-electron chi connectivity index (χ0n) is 13.7. The molecule has 1 aromatic heterocycles. The van der Waals surface area contributed by atoms with Crippen LogP contribution in [0.4, 0.5) is 0 Å². The quantitative estimate of drug-likeness (QED) is 0.902. The van der Waals surface area contributed by atoms with Crippen molar-refractivity contribution in [2.75, 3.05) is 20.1 Å². The largest absolute Gasteiger partial charge is 0.336 e. The van der Waals surface area contributed by atoms with Gasteiger partial charge in [-0.15, -0.1) is 17.5 Å². The van der Waals surface area contributed by atoms with E-state index in [9.17, 15) is 4.79 Å². The van der Waals surface area contributed by atoms with Crippen LogP contribution in [0.15, 0.2) is 24.3 Å². The Labute approximate surface area is 152 Å². The van der Waals surface area contributed by atoms with Gasteiger partial charge in [0.15, 0.2) is 5.69 Å². The molecule has 1 amide bonds. The highest BCUT2D eigenvalue weighted by atomic mass is 35.5. The van der Waals surface area contributed by atoms with Gasteiger partial charge < -0.3 is 10.2 Å². The number of carbonyl (C=O) groups excluding carboxylic acids is 1. The summed E-state index contributed by atoms with van der Waals surface area (Å²) in [7, 11) is 1.93. The molecule has 0 bridgehead atoms. The Bertz CT molecular complexity index is 718. The van der Waals surface area contributed by atoms with Crippen LogP contribution in [-0.2, 0) is 0 Å². The number of likely N-dealkylation sites (tertiary alicyclic amines) is 1. The number of benzene rings is 1. The Kier molecular flexibility index (Phi) is 6.21. The number of aromatic nitrogens is 3. The number of nitrogens with one attached hydrogen (secondary N) is 1. The second kappa shape index (κ2) is 7.96. The van der Waals surface area contributed by atoms with Gasteiger partial charge in [0.05, 0.1) is 16.4 Å². The molecule has 2 aromatic rings. The third-order valence-electron chi connectivity index (χ3n) is 4.29. The van der Waals surface area contributed by atoms with E-state index in [1.54, 1.807) is 10.7 Å². The van der Waals surface area contributed by atoms with Gasteiger partial charge in [-0.1, -0.05) is 28.9 Å². The topological polar surface area (TPSA) is 63.1 Å². The summed E-state index contributed by atoms with van der Waals surface area (Å²) in [6.07, 6.45) is 2.08. The van der Waals surface area contributed by atoms with E-state index < -0.39 is 0 Å². The number of nitrogens with zero attached hydrogens (tertiary/aromatic N) is 4. The fraction of sp³-hybridized carbons (Fsp3) is 0.438. The first kappa shape index (κ1) is 18.7. The molecule has 1 atom stereocenters. The molecule has 0 aliphatic carbocycles. The Balaban J connectivity index is 0.00000208. The molecule has 1 saturated heterocycles. The highest BCUT2D eigenvalue weighted by Crippen LogP contribution is 2.22. The van der Waals surface area contributed by atoms with Crippen molar-refractivity contribution in [2.24, 2.45) is 0 Å². The van der Waals surface area contributed by atoms with Gasteiger partial charge >= 0.3 is 0 Å². The van der Waals surface area contributed by atoms with Crippen molar-refractivity contribution in [3.63, 3.8) is 0 Å². The minimum Gasteiger partial charge on any atom is -0.336 e. The van der Waals surface area contributed by atoms with Crippen LogP contribution in [0, 0.1) is 6.92 Å². The number of hydrogen-bond acceptors (Lipinski definition) is 4. The SMILES string of the molecule is CNC1CCCN(C(=O)c2nnn(-c3ccccc3Cl)c2C)C1.Cl. The molecule has 1 aliphatic heterocycles. The molecule has 3 rings (SSSR count). The standard InChI is InChI=1S/C16H20ClN5O.ClH/c1-11-15(16(23)21-9-5-6-12(10-21)18-2)19-20-22(11)14-8-4-3-7-13(14)17;/h3-4,7-8,12,18H,5-6,9-10H2,1-2H3;1H. The Morgan fingerprint density at radius 1 is 1.38 bits per heavy atom. The van der Waals surface area contributed by atoms with Gasteiger partial charge in [-0.05, 0) is 38.9 Å². The van der Waals surface area contributed by atoms with E-state index in [0.29, 0.717) is 29.0 Å². The number of hydrogen-bond donors (Lipinski definition) is 1. The van der Waals surface area contributed by atoms with E-state index in [1.165, 1.54) is 0 Å². The minimum atomic E-state index is -0.0687. The van der Waals surface area contributed by atoms with E-state index in [4.69, 9.17) is 11.6 Å². The van der Waals surface area contributed by atoms with E-state index in [0.717, 1.165) is 25.1 Å². The van der Waals surface area contributed by atoms with Crippen LogP contribution in [0.3, 0.4) is 0 Å². The molecule has 1 N–H and O–H groups in total. The summed E-state index contributed by atoms with van der Waals surface area (Å²) >= 11 is 6.21. The summed E-state index contributed by atoms with van der Waals surface area (Å²) in [6.45, 7) is 3.30. The zero-order valence-corrected chi connectivity index (χ0v) is 15.3. The van der Waals surface area contributed by atoms with Crippen molar-refractivity contribution in [3.05, 3.63) is 40.7 Å². The average Bonchev–Trinajstić information content (AvgIpc) is 2.96. The summed E-state index contributed by atoms with van der Waals surface area (Å²) in [5.74, 6) is -0.0687. The number of likely N-dealkylation sites (N-methyl/N-ethyl adjacent to an activating group) is 1. The first-order valence-electron chi connectivity index (χ1n) is 7.75. The molecule has 1 aromatic carbocycles. The lowest BCUT2D eigenvalue weighted by Crippen LogP contribution is -2.47. The summed E-state index contributed by atoms with van der Waals surface area (Å²) in [6, 6.07) is 7.73. The molecule has 6 nitrogen and oxygen atoms in total. The second-order valence-corrected chi connectivity index (χ2v) is 6.17. The maximum Gasteiger partial charge on any atom is 0.276 e. The maximum absolute atomic E-state index is 12.8. The van der Waals surface area contributed by atoms with E-state index >= 15 is 0 Å². The average molecular weight is 370 g/mol. The first-order valence-corrected chi connectivity index (χ1v) is 8.13. The molecule has 1 unspecified atom stereocenters. The molecule has 1 aliphatic rings.